The average Bonchev–Trinajstić information content (AvgIpc) is 3.18. The van der Waals surface area contributed by atoms with Gasteiger partial charge in [-0.3, -0.25) is 9.63 Å². The Morgan fingerprint density at radius 1 is 1.57 bits per heavy atom. The minimum atomic E-state index is -0.580. The lowest BCUT2D eigenvalue weighted by Crippen LogP contribution is -2.25. The molecule has 2 N–H and O–H groups in total. The second kappa shape index (κ2) is 7.03. The van der Waals surface area contributed by atoms with Gasteiger partial charge in [0.1, 0.15) is 5.52 Å². The zero-order valence-electron chi connectivity index (χ0n) is 12.5. The van der Waals surface area contributed by atoms with E-state index < -0.39 is 11.7 Å². The van der Waals surface area contributed by atoms with E-state index >= 15 is 0 Å². The van der Waals surface area contributed by atoms with Crippen molar-refractivity contribution in [3.8, 4) is 0 Å². The first-order valence-electron chi connectivity index (χ1n) is 7.48. The Morgan fingerprint density at radius 3 is 3.17 bits per heavy atom. The van der Waals surface area contributed by atoms with Gasteiger partial charge in [0.15, 0.2) is 5.82 Å². The van der Waals surface area contributed by atoms with Crippen molar-refractivity contribution in [1.29, 1.82) is 0 Å². The summed E-state index contributed by atoms with van der Waals surface area (Å²) in [7, 11) is 0. The van der Waals surface area contributed by atoms with Crippen molar-refractivity contribution in [3.63, 3.8) is 0 Å². The van der Waals surface area contributed by atoms with Gasteiger partial charge < -0.3 is 14.4 Å². The van der Waals surface area contributed by atoms with E-state index in [1.807, 2.05) is 0 Å². The van der Waals surface area contributed by atoms with Crippen LogP contribution in [-0.4, -0.2) is 46.5 Å². The molecule has 23 heavy (non-hydrogen) atoms. The molecule has 8 heteroatoms. The third-order valence-electron chi connectivity index (χ3n) is 3.72. The van der Waals surface area contributed by atoms with Crippen LogP contribution >= 0.6 is 0 Å². The molecular weight excluding hydrogens is 305 g/mol. The Balaban J connectivity index is 1.84. The normalized spacial score (nSPS) is 17.7. The predicted octanol–water partition coefficient (Wildman–Crippen LogP) is 1.01. The molecule has 3 rings (SSSR count). The van der Waals surface area contributed by atoms with Crippen LogP contribution in [0.2, 0.25) is 0 Å². The number of aromatic nitrogens is 2. The molecule has 2 heterocycles. The fraction of sp³-hybridized carbons (Fsp3) is 0.467. The number of aliphatic hydroxyl groups is 1. The SMILES string of the molecule is O=C(NOCCO)c1cc(F)c2ncn(CC3CCCO3)c2c1. The fourth-order valence-corrected chi connectivity index (χ4v) is 2.63. The lowest BCUT2D eigenvalue weighted by atomic mass is 10.1. The predicted molar refractivity (Wildman–Crippen MR) is 79.2 cm³/mol. The van der Waals surface area contributed by atoms with E-state index in [0.29, 0.717) is 12.1 Å². The lowest BCUT2D eigenvalue weighted by Gasteiger charge is -2.11. The standard InChI is InChI=1S/C15H18FN3O4/c16-12-6-10(15(21)18-23-5-3-20)7-13-14(12)17-9-19(13)8-11-2-1-4-22-11/h6-7,9,11,20H,1-5,8H2,(H,18,21). The summed E-state index contributed by atoms with van der Waals surface area (Å²) in [5.41, 5.74) is 3.04. The van der Waals surface area contributed by atoms with E-state index in [9.17, 15) is 9.18 Å². The zero-order chi connectivity index (χ0) is 16.2. The Bertz CT molecular complexity index is 697. The van der Waals surface area contributed by atoms with Crippen LogP contribution in [0.4, 0.5) is 4.39 Å². The van der Waals surface area contributed by atoms with E-state index in [0.717, 1.165) is 25.5 Å². The van der Waals surface area contributed by atoms with Crippen LogP contribution in [0.25, 0.3) is 11.0 Å². The van der Waals surface area contributed by atoms with Gasteiger partial charge in [-0.2, -0.15) is 0 Å². The van der Waals surface area contributed by atoms with Crippen molar-refractivity contribution in [2.75, 3.05) is 19.8 Å². The average molecular weight is 323 g/mol. The van der Waals surface area contributed by atoms with Crippen LogP contribution in [0.5, 0.6) is 0 Å². The highest BCUT2D eigenvalue weighted by atomic mass is 19.1. The molecule has 1 saturated heterocycles. The highest BCUT2D eigenvalue weighted by Gasteiger charge is 2.19. The smallest absolute Gasteiger partial charge is 0.275 e. The molecule has 7 nitrogen and oxygen atoms in total. The third kappa shape index (κ3) is 3.49. The molecule has 1 unspecified atom stereocenters. The van der Waals surface area contributed by atoms with E-state index in [2.05, 4.69) is 10.5 Å². The number of nitrogens with one attached hydrogen (secondary N) is 1. The van der Waals surface area contributed by atoms with Crippen molar-refractivity contribution in [3.05, 3.63) is 29.8 Å². The molecule has 1 amide bonds. The third-order valence-corrected chi connectivity index (χ3v) is 3.72. The molecule has 2 aromatic rings. The van der Waals surface area contributed by atoms with Gasteiger partial charge in [0, 0.05) is 12.2 Å². The second-order valence-corrected chi connectivity index (χ2v) is 5.36. The molecule has 1 atom stereocenters. The summed E-state index contributed by atoms with van der Waals surface area (Å²) in [5, 5.41) is 8.62. The molecule has 1 aliphatic heterocycles. The van der Waals surface area contributed by atoms with Gasteiger partial charge in [-0.05, 0) is 25.0 Å². The van der Waals surface area contributed by atoms with Crippen LogP contribution in [0, 0.1) is 5.82 Å². The van der Waals surface area contributed by atoms with Gasteiger partial charge in [-0.25, -0.2) is 14.9 Å². The van der Waals surface area contributed by atoms with Gasteiger partial charge in [0.2, 0.25) is 0 Å². The number of ether oxygens (including phenoxy) is 1. The maximum Gasteiger partial charge on any atom is 0.275 e. The van der Waals surface area contributed by atoms with Crippen LogP contribution in [0.15, 0.2) is 18.5 Å². The number of fused-ring (bicyclic) bond motifs is 1. The maximum absolute atomic E-state index is 14.2. The molecule has 0 radical (unpaired) electrons. The molecule has 1 aromatic carbocycles. The number of hydrogen-bond acceptors (Lipinski definition) is 5. The molecule has 1 aromatic heterocycles. The number of halogens is 1. The minimum Gasteiger partial charge on any atom is -0.394 e. The molecule has 0 spiro atoms. The van der Waals surface area contributed by atoms with Crippen molar-refractivity contribution >= 4 is 16.9 Å². The van der Waals surface area contributed by atoms with Crippen molar-refractivity contribution in [1.82, 2.24) is 15.0 Å². The minimum absolute atomic E-state index is 0.0343. The van der Waals surface area contributed by atoms with Crippen molar-refractivity contribution in [2.45, 2.75) is 25.5 Å². The van der Waals surface area contributed by atoms with Crippen LogP contribution < -0.4 is 5.48 Å². The van der Waals surface area contributed by atoms with E-state index in [1.54, 1.807) is 17.0 Å². The topological polar surface area (TPSA) is 85.6 Å². The molecule has 1 fully saturated rings. The summed E-state index contributed by atoms with van der Waals surface area (Å²) in [4.78, 5) is 20.8. The van der Waals surface area contributed by atoms with E-state index in [4.69, 9.17) is 14.7 Å². The highest BCUT2D eigenvalue weighted by molar-refractivity contribution is 5.97. The van der Waals surface area contributed by atoms with Gasteiger partial charge in [0.25, 0.3) is 5.91 Å². The number of rotatable bonds is 6. The van der Waals surface area contributed by atoms with E-state index in [1.165, 1.54) is 0 Å². The number of amides is 1. The first-order chi connectivity index (χ1) is 11.2. The van der Waals surface area contributed by atoms with Crippen molar-refractivity contribution in [2.24, 2.45) is 0 Å². The number of nitrogens with zero attached hydrogens (tertiary/aromatic N) is 2. The summed E-state index contributed by atoms with van der Waals surface area (Å²) in [6, 6.07) is 2.68. The number of carbonyl (C=O) groups is 1. The number of carbonyl (C=O) groups excluding carboxylic acids is 1. The summed E-state index contributed by atoms with van der Waals surface area (Å²) in [5.74, 6) is -1.15. The molecule has 0 saturated carbocycles. The quantitative estimate of drug-likeness (QED) is 0.612. The molecular formula is C15H18FN3O4. The first kappa shape index (κ1) is 15.9. The summed E-state index contributed by atoms with van der Waals surface area (Å²) in [6.07, 6.45) is 3.61. The Labute approximate surface area is 132 Å². The zero-order valence-corrected chi connectivity index (χ0v) is 12.5. The number of hydroxylamine groups is 1. The van der Waals surface area contributed by atoms with Gasteiger partial charge in [0.05, 0.1) is 37.7 Å². The lowest BCUT2D eigenvalue weighted by molar-refractivity contribution is 0.0168. The largest absolute Gasteiger partial charge is 0.394 e. The number of imidazole rings is 1. The van der Waals surface area contributed by atoms with Crippen LogP contribution in [0.3, 0.4) is 0 Å². The Kier molecular flexibility index (Phi) is 4.85. The molecule has 0 bridgehead atoms. The Hall–Kier alpha value is -2.03. The summed E-state index contributed by atoms with van der Waals surface area (Å²) >= 11 is 0. The monoisotopic (exact) mass is 323 g/mol. The summed E-state index contributed by atoms with van der Waals surface area (Å²) < 4.78 is 21.5. The second-order valence-electron chi connectivity index (χ2n) is 5.36. The number of aliphatic hydroxyl groups excluding tert-OH is 1. The number of hydrogen-bond donors (Lipinski definition) is 2. The van der Waals surface area contributed by atoms with Crippen molar-refractivity contribution < 1.29 is 23.9 Å². The van der Waals surface area contributed by atoms with Gasteiger partial charge in [-0.15, -0.1) is 0 Å². The fourth-order valence-electron chi connectivity index (χ4n) is 2.63. The maximum atomic E-state index is 14.2. The van der Waals surface area contributed by atoms with Gasteiger partial charge in [-0.1, -0.05) is 0 Å². The number of benzene rings is 1. The highest BCUT2D eigenvalue weighted by Crippen LogP contribution is 2.22. The molecule has 124 valence electrons. The molecule has 1 aliphatic rings. The van der Waals surface area contributed by atoms with Crippen LogP contribution in [-0.2, 0) is 16.1 Å². The Morgan fingerprint density at radius 2 is 2.43 bits per heavy atom. The van der Waals surface area contributed by atoms with Crippen LogP contribution in [0.1, 0.15) is 23.2 Å². The first-order valence-corrected chi connectivity index (χ1v) is 7.48. The molecule has 0 aliphatic carbocycles. The van der Waals surface area contributed by atoms with E-state index in [-0.39, 0.29) is 30.4 Å². The summed E-state index contributed by atoms with van der Waals surface area (Å²) in [6.45, 7) is 1.05. The van der Waals surface area contributed by atoms with Gasteiger partial charge >= 0.3 is 0 Å².